The number of nitrogens with zero attached hydrogens (tertiary/aromatic N) is 2. The van der Waals surface area contributed by atoms with E-state index in [-0.39, 0.29) is 11.0 Å². The Labute approximate surface area is 181 Å². The lowest BCUT2D eigenvalue weighted by Gasteiger charge is -2.41. The van der Waals surface area contributed by atoms with Crippen molar-refractivity contribution >= 4 is 12.2 Å². The van der Waals surface area contributed by atoms with Gasteiger partial charge >= 0.3 is 0 Å². The van der Waals surface area contributed by atoms with Gasteiger partial charge in [-0.25, -0.2) is 10.4 Å². The third-order valence-corrected chi connectivity index (χ3v) is 6.56. The highest BCUT2D eigenvalue weighted by Gasteiger charge is 2.42. The van der Waals surface area contributed by atoms with Crippen molar-refractivity contribution in [2.24, 2.45) is 5.10 Å². The molecule has 2 N–H and O–H groups in total. The molecule has 0 aliphatic heterocycles. The minimum atomic E-state index is -0.104. The van der Waals surface area contributed by atoms with Crippen LogP contribution in [0.3, 0.4) is 0 Å². The number of hydrazone groups is 1. The predicted molar refractivity (Wildman–Crippen MR) is 123 cm³/mol. The van der Waals surface area contributed by atoms with Gasteiger partial charge in [-0.05, 0) is 54.7 Å². The van der Waals surface area contributed by atoms with E-state index in [0.29, 0.717) is 5.95 Å². The van der Waals surface area contributed by atoms with Crippen molar-refractivity contribution in [3.05, 3.63) is 75.6 Å². The summed E-state index contributed by atoms with van der Waals surface area (Å²) in [5, 5.41) is 4.27. The van der Waals surface area contributed by atoms with Crippen molar-refractivity contribution in [2.75, 3.05) is 12.5 Å². The second-order valence-electron chi connectivity index (χ2n) is 8.46. The molecule has 1 fully saturated rings. The van der Waals surface area contributed by atoms with E-state index in [1.54, 1.807) is 13.3 Å². The summed E-state index contributed by atoms with van der Waals surface area (Å²) in [5.41, 5.74) is 7.66. The lowest BCUT2D eigenvalue weighted by atomic mass is 9.62. The lowest BCUT2D eigenvalue weighted by Crippen LogP contribution is -2.40. The molecule has 2 aliphatic carbocycles. The number of hydrogen-bond donors (Lipinski definition) is 2. The Bertz CT molecular complexity index is 1170. The molecule has 0 saturated heterocycles. The minimum absolute atomic E-state index is 0.0523. The minimum Gasteiger partial charge on any atom is -0.497 e. The number of rotatable bonds is 4. The predicted octanol–water partition coefficient (Wildman–Crippen LogP) is 4.65. The summed E-state index contributed by atoms with van der Waals surface area (Å²) < 4.78 is 5.18. The van der Waals surface area contributed by atoms with Gasteiger partial charge < -0.3 is 4.74 Å². The van der Waals surface area contributed by atoms with Gasteiger partial charge in [0.25, 0.3) is 5.56 Å². The first-order valence-corrected chi connectivity index (χ1v) is 10.8. The highest BCUT2D eigenvalue weighted by atomic mass is 16.5. The van der Waals surface area contributed by atoms with Crippen molar-refractivity contribution in [2.45, 2.75) is 43.9 Å². The first kappa shape index (κ1) is 19.5. The van der Waals surface area contributed by atoms with E-state index in [2.05, 4.69) is 33.7 Å². The molecule has 0 amide bonds. The number of benzene rings is 2. The zero-order valence-electron chi connectivity index (χ0n) is 17.6. The SMILES string of the molecule is COc1ccc(/C=N/Nc2nc3c(c(=O)[nH]2)C2(CCCCC2)Cc2ccccc2-3)cc1. The maximum atomic E-state index is 13.3. The Morgan fingerprint density at radius 3 is 2.65 bits per heavy atom. The Hall–Kier alpha value is -3.41. The van der Waals surface area contributed by atoms with Gasteiger partial charge in [-0.3, -0.25) is 9.78 Å². The molecule has 6 heteroatoms. The van der Waals surface area contributed by atoms with Crippen molar-refractivity contribution in [3.8, 4) is 17.0 Å². The fourth-order valence-corrected chi connectivity index (χ4v) is 5.08. The summed E-state index contributed by atoms with van der Waals surface area (Å²) in [5.74, 6) is 1.15. The number of nitrogens with one attached hydrogen (secondary N) is 2. The number of aromatic amines is 1. The quantitative estimate of drug-likeness (QED) is 0.481. The number of anilines is 1. The average Bonchev–Trinajstić information content (AvgIpc) is 2.80. The topological polar surface area (TPSA) is 79.4 Å². The number of methoxy groups -OCH3 is 1. The fraction of sp³-hybridized carbons (Fsp3) is 0.320. The summed E-state index contributed by atoms with van der Waals surface area (Å²) in [7, 11) is 1.64. The summed E-state index contributed by atoms with van der Waals surface area (Å²) in [4.78, 5) is 21.0. The third kappa shape index (κ3) is 3.63. The number of H-pyrrole nitrogens is 1. The van der Waals surface area contributed by atoms with Crippen LogP contribution in [0.5, 0.6) is 5.75 Å². The Kier molecular flexibility index (Phi) is 5.06. The first-order valence-electron chi connectivity index (χ1n) is 10.8. The molecule has 158 valence electrons. The van der Waals surface area contributed by atoms with Crippen LogP contribution in [0.25, 0.3) is 11.3 Å². The number of hydrogen-bond acceptors (Lipinski definition) is 5. The lowest BCUT2D eigenvalue weighted by molar-refractivity contribution is 0.285. The molecule has 1 saturated carbocycles. The molecule has 1 spiro atoms. The van der Waals surface area contributed by atoms with Crippen LogP contribution in [0.2, 0.25) is 0 Å². The van der Waals surface area contributed by atoms with Crippen LogP contribution in [0.4, 0.5) is 5.95 Å². The van der Waals surface area contributed by atoms with Gasteiger partial charge in [0.05, 0.1) is 24.6 Å². The first-order chi connectivity index (χ1) is 15.2. The van der Waals surface area contributed by atoms with Gasteiger partial charge in [-0.15, -0.1) is 0 Å². The molecule has 0 radical (unpaired) electrons. The monoisotopic (exact) mass is 414 g/mol. The third-order valence-electron chi connectivity index (χ3n) is 6.56. The molecule has 1 aromatic heterocycles. The zero-order chi connectivity index (χ0) is 21.3. The van der Waals surface area contributed by atoms with E-state index >= 15 is 0 Å². The highest BCUT2D eigenvalue weighted by Crippen LogP contribution is 2.48. The van der Waals surface area contributed by atoms with E-state index in [4.69, 9.17) is 9.72 Å². The van der Waals surface area contributed by atoms with Crippen LogP contribution >= 0.6 is 0 Å². The number of fused-ring (bicyclic) bond motifs is 4. The molecular formula is C25H26N4O2. The van der Waals surface area contributed by atoms with Crippen LogP contribution in [0.15, 0.2) is 58.4 Å². The van der Waals surface area contributed by atoms with Crippen molar-refractivity contribution in [3.63, 3.8) is 0 Å². The maximum Gasteiger partial charge on any atom is 0.256 e. The van der Waals surface area contributed by atoms with E-state index in [1.165, 1.54) is 12.0 Å². The summed E-state index contributed by atoms with van der Waals surface area (Å²) in [6.07, 6.45) is 8.26. The van der Waals surface area contributed by atoms with Crippen LogP contribution in [-0.2, 0) is 11.8 Å². The summed E-state index contributed by atoms with van der Waals surface area (Å²) >= 11 is 0. The molecular weight excluding hydrogens is 388 g/mol. The van der Waals surface area contributed by atoms with Crippen LogP contribution in [0, 0.1) is 0 Å². The molecule has 0 unspecified atom stereocenters. The van der Waals surface area contributed by atoms with E-state index in [0.717, 1.165) is 60.2 Å². The molecule has 6 nitrogen and oxygen atoms in total. The van der Waals surface area contributed by atoms with Gasteiger partial charge in [0.1, 0.15) is 5.75 Å². The Balaban J connectivity index is 1.50. The number of ether oxygens (including phenoxy) is 1. The zero-order valence-corrected chi connectivity index (χ0v) is 17.6. The van der Waals surface area contributed by atoms with E-state index in [9.17, 15) is 4.79 Å². The van der Waals surface area contributed by atoms with Crippen LogP contribution < -0.4 is 15.7 Å². The van der Waals surface area contributed by atoms with Crippen molar-refractivity contribution in [1.82, 2.24) is 9.97 Å². The molecule has 2 aromatic carbocycles. The molecule has 5 rings (SSSR count). The summed E-state index contributed by atoms with van der Waals surface area (Å²) in [6.45, 7) is 0. The highest BCUT2D eigenvalue weighted by molar-refractivity contribution is 5.80. The van der Waals surface area contributed by atoms with Gasteiger partial charge in [0.2, 0.25) is 5.95 Å². The van der Waals surface area contributed by atoms with E-state index < -0.39 is 0 Å². The van der Waals surface area contributed by atoms with Gasteiger partial charge in [0, 0.05) is 11.0 Å². The molecule has 2 aliphatic rings. The summed E-state index contributed by atoms with van der Waals surface area (Å²) in [6, 6.07) is 15.9. The molecule has 0 bridgehead atoms. The Morgan fingerprint density at radius 1 is 1.10 bits per heavy atom. The second kappa shape index (κ2) is 8.02. The Morgan fingerprint density at radius 2 is 1.87 bits per heavy atom. The number of aromatic nitrogens is 2. The van der Waals surface area contributed by atoms with Gasteiger partial charge in [0.15, 0.2) is 0 Å². The van der Waals surface area contributed by atoms with Crippen LogP contribution in [0.1, 0.15) is 48.8 Å². The largest absolute Gasteiger partial charge is 0.497 e. The normalized spacial score (nSPS) is 16.7. The standard InChI is InChI=1S/C25H26N4O2/c1-31-19-11-9-17(10-12-19)16-26-29-24-27-22-20-8-4-3-7-18(20)15-25(13-5-2-6-14-25)21(22)23(30)28-24/h3-4,7-12,16H,2,5-6,13-15H2,1H3,(H2,27,28,29,30)/b26-16+. The average molecular weight is 415 g/mol. The fourth-order valence-electron chi connectivity index (χ4n) is 5.08. The second-order valence-corrected chi connectivity index (χ2v) is 8.46. The van der Waals surface area contributed by atoms with Crippen LogP contribution in [-0.4, -0.2) is 23.3 Å². The molecule has 0 atom stereocenters. The molecule has 3 aromatic rings. The van der Waals surface area contributed by atoms with Crippen molar-refractivity contribution < 1.29 is 4.74 Å². The van der Waals surface area contributed by atoms with Crippen molar-refractivity contribution in [1.29, 1.82) is 0 Å². The maximum absolute atomic E-state index is 13.3. The smallest absolute Gasteiger partial charge is 0.256 e. The van der Waals surface area contributed by atoms with Gasteiger partial charge in [-0.1, -0.05) is 43.5 Å². The molecule has 1 heterocycles. The van der Waals surface area contributed by atoms with E-state index in [1.807, 2.05) is 30.3 Å². The molecule has 31 heavy (non-hydrogen) atoms. The van der Waals surface area contributed by atoms with Gasteiger partial charge in [-0.2, -0.15) is 5.10 Å².